The summed E-state index contributed by atoms with van der Waals surface area (Å²) in [6, 6.07) is 0. The van der Waals surface area contributed by atoms with Crippen molar-refractivity contribution >= 4 is 17.3 Å². The molecule has 0 spiro atoms. The summed E-state index contributed by atoms with van der Waals surface area (Å²) in [5, 5.41) is 13.2. The Morgan fingerprint density at radius 3 is 3.00 bits per heavy atom. The van der Waals surface area contributed by atoms with Gasteiger partial charge in [0.05, 0.1) is 10.7 Å². The van der Waals surface area contributed by atoms with Crippen LogP contribution in [0.4, 0.5) is 0 Å². The lowest BCUT2D eigenvalue weighted by Crippen LogP contribution is -2.28. The summed E-state index contributed by atoms with van der Waals surface area (Å²) in [7, 11) is 0. The van der Waals surface area contributed by atoms with Crippen LogP contribution in [0.5, 0.6) is 0 Å². The number of hydrogen-bond donors (Lipinski definition) is 2. The van der Waals surface area contributed by atoms with Gasteiger partial charge in [0, 0.05) is 12.5 Å². The van der Waals surface area contributed by atoms with E-state index in [1.54, 1.807) is 6.92 Å². The molecular weight excluding hydrogens is 212 g/mol. The predicted molar refractivity (Wildman–Crippen MR) is 58.7 cm³/mol. The molecule has 4 nitrogen and oxygen atoms in total. The van der Waals surface area contributed by atoms with Crippen molar-refractivity contribution < 1.29 is 9.90 Å². The van der Waals surface area contributed by atoms with E-state index in [0.717, 1.165) is 30.9 Å². The second kappa shape index (κ2) is 4.28. The molecule has 1 saturated heterocycles. The van der Waals surface area contributed by atoms with Crippen LogP contribution in [0.15, 0.2) is 0 Å². The van der Waals surface area contributed by atoms with Gasteiger partial charge in [0.25, 0.3) is 0 Å². The zero-order chi connectivity index (χ0) is 10.8. The summed E-state index contributed by atoms with van der Waals surface area (Å²) in [4.78, 5) is 15.6. The maximum absolute atomic E-state index is 10.9. The summed E-state index contributed by atoms with van der Waals surface area (Å²) >= 11 is 1.32. The molecule has 1 aromatic rings. The first kappa shape index (κ1) is 10.6. The molecule has 0 aliphatic carbocycles. The Morgan fingerprint density at radius 2 is 2.47 bits per heavy atom. The van der Waals surface area contributed by atoms with E-state index < -0.39 is 5.97 Å². The van der Waals surface area contributed by atoms with Gasteiger partial charge < -0.3 is 10.4 Å². The summed E-state index contributed by atoms with van der Waals surface area (Å²) in [5.74, 6) is -0.462. The van der Waals surface area contributed by atoms with Crippen molar-refractivity contribution in [1.29, 1.82) is 0 Å². The van der Waals surface area contributed by atoms with Crippen molar-refractivity contribution in [3.63, 3.8) is 0 Å². The summed E-state index contributed by atoms with van der Waals surface area (Å²) in [5.41, 5.74) is 0.646. The monoisotopic (exact) mass is 226 g/mol. The van der Waals surface area contributed by atoms with Crippen LogP contribution in [0.3, 0.4) is 0 Å². The minimum atomic E-state index is -0.861. The van der Waals surface area contributed by atoms with Gasteiger partial charge in [-0.2, -0.15) is 0 Å². The van der Waals surface area contributed by atoms with Gasteiger partial charge >= 0.3 is 5.97 Å². The van der Waals surface area contributed by atoms with Gasteiger partial charge in [0.2, 0.25) is 0 Å². The fourth-order valence-electron chi connectivity index (χ4n) is 1.85. The first-order valence-corrected chi connectivity index (χ1v) is 5.91. The van der Waals surface area contributed by atoms with E-state index in [1.807, 2.05) is 0 Å². The van der Waals surface area contributed by atoms with Gasteiger partial charge in [-0.15, -0.1) is 11.3 Å². The molecule has 15 heavy (non-hydrogen) atoms. The van der Waals surface area contributed by atoms with Crippen LogP contribution in [0.1, 0.15) is 39.1 Å². The number of rotatable bonds is 2. The molecule has 82 valence electrons. The van der Waals surface area contributed by atoms with Crippen molar-refractivity contribution in [1.82, 2.24) is 10.3 Å². The number of piperidine rings is 1. The highest BCUT2D eigenvalue weighted by molar-refractivity contribution is 7.13. The zero-order valence-corrected chi connectivity index (χ0v) is 9.43. The molecule has 1 aromatic heterocycles. The van der Waals surface area contributed by atoms with Crippen molar-refractivity contribution in [2.75, 3.05) is 13.1 Å². The van der Waals surface area contributed by atoms with Crippen LogP contribution in [-0.2, 0) is 0 Å². The van der Waals surface area contributed by atoms with Crippen LogP contribution in [0, 0.1) is 6.92 Å². The molecule has 2 N–H and O–H groups in total. The SMILES string of the molecule is Cc1nc([C@@H]2CCCNC2)sc1C(=O)O. The van der Waals surface area contributed by atoms with E-state index in [1.165, 1.54) is 11.3 Å². The molecule has 0 aromatic carbocycles. The van der Waals surface area contributed by atoms with E-state index in [0.29, 0.717) is 16.5 Å². The van der Waals surface area contributed by atoms with Crippen molar-refractivity contribution in [2.24, 2.45) is 0 Å². The molecule has 1 aliphatic heterocycles. The van der Waals surface area contributed by atoms with Crippen LogP contribution in [0.25, 0.3) is 0 Å². The molecular formula is C10H14N2O2S. The molecule has 1 aliphatic rings. The maximum Gasteiger partial charge on any atom is 0.347 e. The Bertz CT molecular complexity index is 369. The quantitative estimate of drug-likeness (QED) is 0.804. The average molecular weight is 226 g/mol. The van der Waals surface area contributed by atoms with E-state index >= 15 is 0 Å². The summed E-state index contributed by atoms with van der Waals surface area (Å²) in [6.07, 6.45) is 2.25. The third-order valence-corrected chi connectivity index (χ3v) is 3.96. The fourth-order valence-corrected chi connectivity index (χ4v) is 2.89. The Morgan fingerprint density at radius 1 is 1.67 bits per heavy atom. The molecule has 0 bridgehead atoms. The first-order valence-electron chi connectivity index (χ1n) is 5.10. The normalized spacial score (nSPS) is 21.5. The van der Waals surface area contributed by atoms with Crippen molar-refractivity contribution in [2.45, 2.75) is 25.7 Å². The number of aromatic nitrogens is 1. The van der Waals surface area contributed by atoms with Gasteiger partial charge in [-0.3, -0.25) is 0 Å². The van der Waals surface area contributed by atoms with Gasteiger partial charge in [0.15, 0.2) is 0 Å². The van der Waals surface area contributed by atoms with Crippen molar-refractivity contribution in [3.05, 3.63) is 15.6 Å². The number of aryl methyl sites for hydroxylation is 1. The molecule has 0 amide bonds. The van der Waals surface area contributed by atoms with E-state index in [4.69, 9.17) is 5.11 Å². The van der Waals surface area contributed by atoms with E-state index in [9.17, 15) is 4.79 Å². The minimum Gasteiger partial charge on any atom is -0.477 e. The molecule has 5 heteroatoms. The Hall–Kier alpha value is -0.940. The predicted octanol–water partition coefficient (Wildman–Crippen LogP) is 1.62. The standard InChI is InChI=1S/C10H14N2O2S/c1-6-8(10(13)14)15-9(12-6)7-3-2-4-11-5-7/h7,11H,2-5H2,1H3,(H,13,14)/t7-/m1/s1. The third kappa shape index (κ3) is 2.18. The molecule has 0 unspecified atom stereocenters. The average Bonchev–Trinajstić information content (AvgIpc) is 2.62. The molecule has 1 atom stereocenters. The minimum absolute atomic E-state index is 0.385. The first-order chi connectivity index (χ1) is 7.18. The molecule has 2 rings (SSSR count). The number of aromatic carboxylic acids is 1. The third-order valence-electron chi connectivity index (χ3n) is 2.65. The number of carboxylic acids is 1. The molecule has 0 radical (unpaired) electrons. The van der Waals surface area contributed by atoms with Gasteiger partial charge in [-0.1, -0.05) is 0 Å². The van der Waals surface area contributed by atoms with Crippen LogP contribution in [0.2, 0.25) is 0 Å². The second-order valence-electron chi connectivity index (χ2n) is 3.82. The lowest BCUT2D eigenvalue weighted by Gasteiger charge is -2.20. The molecule has 2 heterocycles. The second-order valence-corrected chi connectivity index (χ2v) is 4.85. The van der Waals surface area contributed by atoms with E-state index in [-0.39, 0.29) is 0 Å². The largest absolute Gasteiger partial charge is 0.477 e. The lowest BCUT2D eigenvalue weighted by molar-refractivity contribution is 0.0701. The highest BCUT2D eigenvalue weighted by atomic mass is 32.1. The Kier molecular flexibility index (Phi) is 3.02. The number of nitrogens with one attached hydrogen (secondary N) is 1. The molecule has 1 fully saturated rings. The van der Waals surface area contributed by atoms with Crippen LogP contribution in [-0.4, -0.2) is 29.1 Å². The Balaban J connectivity index is 2.21. The fraction of sp³-hybridized carbons (Fsp3) is 0.600. The van der Waals surface area contributed by atoms with Gasteiger partial charge in [0.1, 0.15) is 4.88 Å². The number of nitrogens with zero attached hydrogens (tertiary/aromatic N) is 1. The van der Waals surface area contributed by atoms with Crippen LogP contribution < -0.4 is 5.32 Å². The topological polar surface area (TPSA) is 62.2 Å². The van der Waals surface area contributed by atoms with Gasteiger partial charge in [-0.05, 0) is 26.3 Å². The number of hydrogen-bond acceptors (Lipinski definition) is 4. The number of thiazole rings is 1. The highest BCUT2D eigenvalue weighted by Gasteiger charge is 2.22. The zero-order valence-electron chi connectivity index (χ0n) is 8.62. The van der Waals surface area contributed by atoms with E-state index in [2.05, 4.69) is 10.3 Å². The number of carboxylic acid groups (broad SMARTS) is 1. The smallest absolute Gasteiger partial charge is 0.347 e. The maximum atomic E-state index is 10.9. The molecule has 0 saturated carbocycles. The van der Waals surface area contributed by atoms with Crippen molar-refractivity contribution in [3.8, 4) is 0 Å². The highest BCUT2D eigenvalue weighted by Crippen LogP contribution is 2.29. The van der Waals surface area contributed by atoms with Crippen LogP contribution >= 0.6 is 11.3 Å². The Labute approximate surface area is 92.3 Å². The van der Waals surface area contributed by atoms with Gasteiger partial charge in [-0.25, -0.2) is 9.78 Å². The number of carbonyl (C=O) groups is 1. The summed E-state index contributed by atoms with van der Waals surface area (Å²) < 4.78 is 0. The lowest BCUT2D eigenvalue weighted by atomic mass is 10.0. The summed E-state index contributed by atoms with van der Waals surface area (Å²) in [6.45, 7) is 3.75.